The third-order valence-corrected chi connectivity index (χ3v) is 3.54. The van der Waals surface area contributed by atoms with Crippen LogP contribution in [-0.2, 0) is 0 Å². The highest BCUT2D eigenvalue weighted by Crippen LogP contribution is 2.36. The van der Waals surface area contributed by atoms with Gasteiger partial charge in [0, 0.05) is 0 Å². The molecule has 0 radical (unpaired) electrons. The largest absolute Gasteiger partial charge is 0.103 e. The van der Waals surface area contributed by atoms with Gasteiger partial charge >= 0.3 is 0 Å². The average Bonchev–Trinajstić information content (AvgIpc) is 2.29. The van der Waals surface area contributed by atoms with Crippen LogP contribution in [0, 0.1) is 5.41 Å². The number of hydrogen-bond acceptors (Lipinski definition) is 0. The Morgan fingerprint density at radius 3 is 1.69 bits per heavy atom. The van der Waals surface area contributed by atoms with Crippen molar-refractivity contribution in [3.05, 3.63) is 25.3 Å². The van der Waals surface area contributed by atoms with E-state index in [0.717, 1.165) is 6.42 Å². The third-order valence-electron chi connectivity index (χ3n) is 3.54. The number of allylic oxidation sites excluding steroid dienone is 2. The smallest absolute Gasteiger partial charge is 0.00865 e. The molecule has 0 amide bonds. The van der Waals surface area contributed by atoms with E-state index in [-0.39, 0.29) is 0 Å². The first-order chi connectivity index (χ1) is 7.74. The molecule has 0 saturated heterocycles. The Hall–Kier alpha value is -0.520. The van der Waals surface area contributed by atoms with E-state index in [0.29, 0.717) is 5.41 Å². The predicted molar refractivity (Wildman–Crippen MR) is 75.7 cm³/mol. The Kier molecular flexibility index (Phi) is 9.37. The Morgan fingerprint density at radius 1 is 0.875 bits per heavy atom. The summed E-state index contributed by atoms with van der Waals surface area (Å²) in [5.41, 5.74) is 0.339. The minimum Gasteiger partial charge on any atom is -0.103 e. The predicted octanol–water partition coefficient (Wildman–Crippen LogP) is 5.90. The molecule has 0 aromatic heterocycles. The van der Waals surface area contributed by atoms with Crippen LogP contribution in [0.4, 0.5) is 0 Å². The highest BCUT2D eigenvalue weighted by atomic mass is 14.3. The summed E-state index contributed by atoms with van der Waals surface area (Å²) in [4.78, 5) is 0. The van der Waals surface area contributed by atoms with E-state index in [9.17, 15) is 0 Å². The minimum absolute atomic E-state index is 0.339. The quantitative estimate of drug-likeness (QED) is 0.302. The van der Waals surface area contributed by atoms with Gasteiger partial charge in [-0.15, -0.1) is 13.2 Å². The zero-order valence-corrected chi connectivity index (χ0v) is 11.4. The van der Waals surface area contributed by atoms with E-state index in [4.69, 9.17) is 0 Å². The summed E-state index contributed by atoms with van der Waals surface area (Å²) in [5.74, 6) is 0. The van der Waals surface area contributed by atoms with Crippen LogP contribution in [0.1, 0.15) is 71.6 Å². The second kappa shape index (κ2) is 9.69. The summed E-state index contributed by atoms with van der Waals surface area (Å²) < 4.78 is 0. The van der Waals surface area contributed by atoms with E-state index in [1.807, 2.05) is 0 Å². The van der Waals surface area contributed by atoms with Gasteiger partial charge in [-0.25, -0.2) is 0 Å². The lowest BCUT2D eigenvalue weighted by molar-refractivity contribution is 0.302. The molecule has 0 aromatic rings. The lowest BCUT2D eigenvalue weighted by atomic mass is 9.75. The second-order valence-corrected chi connectivity index (χ2v) is 4.97. The van der Waals surface area contributed by atoms with Gasteiger partial charge in [0.2, 0.25) is 0 Å². The maximum atomic E-state index is 4.06. The molecule has 0 aromatic carbocycles. The molecule has 0 atom stereocenters. The van der Waals surface area contributed by atoms with E-state index in [1.54, 1.807) is 0 Å². The van der Waals surface area contributed by atoms with Crippen molar-refractivity contribution in [2.24, 2.45) is 5.41 Å². The monoisotopic (exact) mass is 222 g/mol. The summed E-state index contributed by atoms with van der Waals surface area (Å²) in [6, 6.07) is 0. The van der Waals surface area contributed by atoms with Crippen LogP contribution < -0.4 is 0 Å². The SMILES string of the molecule is C=CCC(C=C)(CCCCC)CCCCC. The topological polar surface area (TPSA) is 0 Å². The molecule has 0 aliphatic carbocycles. The lowest BCUT2D eigenvalue weighted by Crippen LogP contribution is -2.17. The maximum Gasteiger partial charge on any atom is -0.00865 e. The van der Waals surface area contributed by atoms with E-state index in [2.05, 4.69) is 39.2 Å². The second-order valence-electron chi connectivity index (χ2n) is 4.97. The van der Waals surface area contributed by atoms with Crippen LogP contribution in [0.2, 0.25) is 0 Å². The molecule has 0 bridgehead atoms. The van der Waals surface area contributed by atoms with Crippen molar-refractivity contribution in [2.75, 3.05) is 0 Å². The van der Waals surface area contributed by atoms with Crippen LogP contribution in [0.3, 0.4) is 0 Å². The number of hydrogen-bond donors (Lipinski definition) is 0. The van der Waals surface area contributed by atoms with Crippen molar-refractivity contribution in [2.45, 2.75) is 71.6 Å². The maximum absolute atomic E-state index is 4.06. The van der Waals surface area contributed by atoms with Gasteiger partial charge in [0.25, 0.3) is 0 Å². The van der Waals surface area contributed by atoms with E-state index < -0.39 is 0 Å². The molecular formula is C16H30. The van der Waals surface area contributed by atoms with Crippen LogP contribution in [0.5, 0.6) is 0 Å². The fraction of sp³-hybridized carbons (Fsp3) is 0.750. The Bertz CT molecular complexity index is 168. The summed E-state index contributed by atoms with van der Waals surface area (Å²) in [5, 5.41) is 0. The Morgan fingerprint density at radius 2 is 1.38 bits per heavy atom. The normalized spacial score (nSPS) is 11.4. The van der Waals surface area contributed by atoms with Crippen LogP contribution in [-0.4, -0.2) is 0 Å². The van der Waals surface area contributed by atoms with Gasteiger partial charge in [0.05, 0.1) is 0 Å². The molecule has 0 aliphatic rings. The van der Waals surface area contributed by atoms with Crippen molar-refractivity contribution in [3.63, 3.8) is 0 Å². The average molecular weight is 222 g/mol. The molecule has 0 fully saturated rings. The Labute approximate surface area is 103 Å². The van der Waals surface area contributed by atoms with Gasteiger partial charge in [-0.3, -0.25) is 0 Å². The molecule has 94 valence electrons. The van der Waals surface area contributed by atoms with Gasteiger partial charge in [0.1, 0.15) is 0 Å². The number of rotatable bonds is 11. The van der Waals surface area contributed by atoms with Crippen LogP contribution in [0.15, 0.2) is 25.3 Å². The lowest BCUT2D eigenvalue weighted by Gasteiger charge is -2.29. The molecule has 0 rings (SSSR count). The van der Waals surface area contributed by atoms with Gasteiger partial charge in [0.15, 0.2) is 0 Å². The molecule has 16 heavy (non-hydrogen) atoms. The molecule has 0 heterocycles. The first kappa shape index (κ1) is 15.5. The highest BCUT2D eigenvalue weighted by molar-refractivity contribution is 4.98. The summed E-state index contributed by atoms with van der Waals surface area (Å²) in [7, 11) is 0. The first-order valence-corrected chi connectivity index (χ1v) is 6.99. The molecule has 0 spiro atoms. The third kappa shape index (κ3) is 6.15. The summed E-state index contributed by atoms with van der Waals surface area (Å²) >= 11 is 0. The van der Waals surface area contributed by atoms with Crippen LogP contribution >= 0.6 is 0 Å². The molecule has 0 heteroatoms. The van der Waals surface area contributed by atoms with Crippen molar-refractivity contribution in [1.82, 2.24) is 0 Å². The highest BCUT2D eigenvalue weighted by Gasteiger charge is 2.23. The zero-order chi connectivity index (χ0) is 12.3. The molecule has 0 nitrogen and oxygen atoms in total. The van der Waals surface area contributed by atoms with E-state index >= 15 is 0 Å². The summed E-state index contributed by atoms with van der Waals surface area (Å²) in [6.45, 7) is 12.5. The number of unbranched alkanes of at least 4 members (excludes halogenated alkanes) is 4. The summed E-state index contributed by atoms with van der Waals surface area (Å²) in [6.07, 6.45) is 15.9. The van der Waals surface area contributed by atoms with Crippen molar-refractivity contribution in [3.8, 4) is 0 Å². The molecule has 0 N–H and O–H groups in total. The standard InChI is InChI=1S/C16H30/c1-5-9-11-14-16(8-4,13-7-3)15-12-10-6-2/h7-8H,3-6,9-15H2,1-2H3. The van der Waals surface area contributed by atoms with Gasteiger partial charge in [-0.1, -0.05) is 64.5 Å². The first-order valence-electron chi connectivity index (χ1n) is 6.99. The van der Waals surface area contributed by atoms with Gasteiger partial charge in [-0.2, -0.15) is 0 Å². The fourth-order valence-corrected chi connectivity index (χ4v) is 2.36. The Balaban J connectivity index is 4.20. The van der Waals surface area contributed by atoms with E-state index in [1.165, 1.54) is 51.4 Å². The van der Waals surface area contributed by atoms with Crippen molar-refractivity contribution >= 4 is 0 Å². The molecule has 0 aliphatic heterocycles. The molecule has 0 unspecified atom stereocenters. The molecule has 0 saturated carbocycles. The van der Waals surface area contributed by atoms with Crippen molar-refractivity contribution in [1.29, 1.82) is 0 Å². The van der Waals surface area contributed by atoms with Crippen LogP contribution in [0.25, 0.3) is 0 Å². The van der Waals surface area contributed by atoms with Crippen molar-refractivity contribution < 1.29 is 0 Å². The zero-order valence-electron chi connectivity index (χ0n) is 11.4. The van der Waals surface area contributed by atoms with Gasteiger partial charge < -0.3 is 0 Å². The van der Waals surface area contributed by atoms with Gasteiger partial charge in [-0.05, 0) is 24.7 Å². The minimum atomic E-state index is 0.339. The fourth-order valence-electron chi connectivity index (χ4n) is 2.36. The molecular weight excluding hydrogens is 192 g/mol.